The minimum absolute atomic E-state index is 0.178. The summed E-state index contributed by atoms with van der Waals surface area (Å²) in [6.45, 7) is 0. The molecule has 1 fully saturated rings. The van der Waals surface area contributed by atoms with Crippen LogP contribution in [0.1, 0.15) is 27.7 Å². The quantitative estimate of drug-likeness (QED) is 0.257. The van der Waals surface area contributed by atoms with Crippen LogP contribution in [0.3, 0.4) is 0 Å². The second kappa shape index (κ2) is 8.84. The lowest BCUT2D eigenvalue weighted by atomic mass is 9.99. The number of amides is 1. The molecule has 0 radical (unpaired) electrons. The molecule has 1 saturated heterocycles. The minimum Gasteiger partial charge on any atom is -0.507 e. The van der Waals surface area contributed by atoms with Gasteiger partial charge < -0.3 is 19.0 Å². The topological polar surface area (TPSA) is 106 Å². The van der Waals surface area contributed by atoms with Crippen LogP contribution in [0.5, 0.6) is 5.75 Å². The first-order valence-electron chi connectivity index (χ1n) is 9.74. The maximum Gasteiger partial charge on any atom is 0.337 e. The Morgan fingerprint density at radius 2 is 1.85 bits per heavy atom. The number of hydrogen-bond acceptors (Lipinski definition) is 7. The van der Waals surface area contributed by atoms with E-state index >= 15 is 0 Å². The number of ketones is 1. The number of ether oxygens (including phenoxy) is 2. The maximum atomic E-state index is 13.1. The summed E-state index contributed by atoms with van der Waals surface area (Å²) in [4.78, 5) is 39.4. The van der Waals surface area contributed by atoms with Crippen LogP contribution in [0.2, 0.25) is 5.02 Å². The highest BCUT2D eigenvalue weighted by Gasteiger charge is 2.48. The molecule has 0 saturated carbocycles. The van der Waals surface area contributed by atoms with Gasteiger partial charge in [-0.3, -0.25) is 14.5 Å². The lowest BCUT2D eigenvalue weighted by molar-refractivity contribution is -0.132. The minimum atomic E-state index is -1.07. The molecule has 1 aromatic heterocycles. The predicted molar refractivity (Wildman–Crippen MR) is 119 cm³/mol. The standard InChI is InChI=1S/C24H18ClNO7/c1-31-18-12-13(8-9-16(18)25)21(27)19-20(17-7-4-10-33-17)26(23(29)22(19)28)15-6-3-5-14(11-15)24(30)32-2/h3-12,20,27H,1-2H3/b21-19-. The van der Waals surface area contributed by atoms with Gasteiger partial charge in [-0.15, -0.1) is 0 Å². The number of Topliss-reactive ketones (excluding diaryl/α,β-unsaturated/α-hetero) is 1. The van der Waals surface area contributed by atoms with Crippen molar-refractivity contribution >= 4 is 40.7 Å². The number of nitrogens with zero attached hydrogens (tertiary/aromatic N) is 1. The molecule has 1 aliphatic heterocycles. The normalized spacial score (nSPS) is 17.3. The fourth-order valence-electron chi connectivity index (χ4n) is 3.68. The number of furan rings is 1. The Balaban J connectivity index is 1.91. The van der Waals surface area contributed by atoms with E-state index < -0.39 is 29.5 Å². The van der Waals surface area contributed by atoms with Gasteiger partial charge in [0, 0.05) is 11.3 Å². The zero-order valence-corrected chi connectivity index (χ0v) is 18.3. The first kappa shape index (κ1) is 22.2. The Hall–Kier alpha value is -4.04. The van der Waals surface area contributed by atoms with Gasteiger partial charge in [-0.2, -0.15) is 0 Å². The van der Waals surface area contributed by atoms with Crippen LogP contribution in [0, 0.1) is 0 Å². The fraction of sp³-hybridized carbons (Fsp3) is 0.125. The molecule has 3 aromatic rings. The van der Waals surface area contributed by atoms with Gasteiger partial charge in [-0.25, -0.2) is 4.79 Å². The molecule has 0 spiro atoms. The summed E-state index contributed by atoms with van der Waals surface area (Å²) >= 11 is 6.07. The third kappa shape index (κ3) is 3.85. The Bertz CT molecular complexity index is 1280. The van der Waals surface area contributed by atoms with Gasteiger partial charge in [0.05, 0.1) is 36.6 Å². The second-order valence-corrected chi connectivity index (χ2v) is 7.48. The summed E-state index contributed by atoms with van der Waals surface area (Å²) in [6, 6.07) is 12.7. The van der Waals surface area contributed by atoms with Gasteiger partial charge in [0.1, 0.15) is 23.3 Å². The van der Waals surface area contributed by atoms with E-state index in [1.807, 2.05) is 0 Å². The zero-order valence-electron chi connectivity index (χ0n) is 17.6. The van der Waals surface area contributed by atoms with Gasteiger partial charge >= 0.3 is 5.97 Å². The molecule has 1 unspecified atom stereocenters. The Morgan fingerprint density at radius 3 is 2.52 bits per heavy atom. The van der Waals surface area contributed by atoms with E-state index in [2.05, 4.69) is 0 Å². The van der Waals surface area contributed by atoms with E-state index in [4.69, 9.17) is 25.5 Å². The molecule has 0 bridgehead atoms. The first-order valence-corrected chi connectivity index (χ1v) is 10.1. The van der Waals surface area contributed by atoms with Crippen molar-refractivity contribution in [3.63, 3.8) is 0 Å². The molecule has 1 N–H and O–H groups in total. The van der Waals surface area contributed by atoms with Crippen molar-refractivity contribution < 1.29 is 33.4 Å². The molecule has 33 heavy (non-hydrogen) atoms. The molecule has 0 aliphatic carbocycles. The van der Waals surface area contributed by atoms with Crippen LogP contribution in [0.4, 0.5) is 5.69 Å². The van der Waals surface area contributed by atoms with Gasteiger partial charge in [-0.05, 0) is 48.5 Å². The van der Waals surface area contributed by atoms with Crippen molar-refractivity contribution in [3.8, 4) is 5.75 Å². The van der Waals surface area contributed by atoms with Crippen molar-refractivity contribution in [3.05, 3.63) is 88.3 Å². The number of esters is 1. The second-order valence-electron chi connectivity index (χ2n) is 7.08. The number of benzene rings is 2. The van der Waals surface area contributed by atoms with Crippen LogP contribution < -0.4 is 9.64 Å². The molecule has 2 heterocycles. The van der Waals surface area contributed by atoms with Gasteiger partial charge in [0.2, 0.25) is 0 Å². The summed E-state index contributed by atoms with van der Waals surface area (Å²) in [6.07, 6.45) is 1.39. The predicted octanol–water partition coefficient (Wildman–Crippen LogP) is 4.35. The van der Waals surface area contributed by atoms with Gasteiger partial charge in [-0.1, -0.05) is 17.7 Å². The molecule has 1 aliphatic rings. The van der Waals surface area contributed by atoms with Crippen molar-refractivity contribution in [2.75, 3.05) is 19.1 Å². The van der Waals surface area contributed by atoms with Crippen LogP contribution in [-0.4, -0.2) is 37.0 Å². The zero-order chi connectivity index (χ0) is 23.7. The van der Waals surface area contributed by atoms with Crippen molar-refractivity contribution in [1.82, 2.24) is 0 Å². The average molecular weight is 468 g/mol. The van der Waals surface area contributed by atoms with Crippen molar-refractivity contribution in [1.29, 1.82) is 0 Å². The number of rotatable bonds is 5. The number of carbonyl (C=O) groups excluding carboxylic acids is 3. The molecule has 2 aromatic carbocycles. The Morgan fingerprint density at radius 1 is 1.06 bits per heavy atom. The summed E-state index contributed by atoms with van der Waals surface area (Å²) < 4.78 is 15.5. The molecule has 1 amide bonds. The van der Waals surface area contributed by atoms with Crippen LogP contribution in [0.15, 0.2) is 70.9 Å². The van der Waals surface area contributed by atoms with Crippen molar-refractivity contribution in [2.24, 2.45) is 0 Å². The summed E-state index contributed by atoms with van der Waals surface area (Å²) in [5.74, 6) is -2.28. The van der Waals surface area contributed by atoms with Gasteiger partial charge in [0.25, 0.3) is 11.7 Å². The van der Waals surface area contributed by atoms with Crippen LogP contribution in [0.25, 0.3) is 5.76 Å². The molecular formula is C24H18ClNO7. The third-order valence-corrected chi connectivity index (χ3v) is 5.54. The Kier molecular flexibility index (Phi) is 5.93. The largest absolute Gasteiger partial charge is 0.507 e. The summed E-state index contributed by atoms with van der Waals surface area (Å²) in [5.41, 5.74) is 0.503. The number of hydrogen-bond donors (Lipinski definition) is 1. The number of carbonyl (C=O) groups is 3. The smallest absolute Gasteiger partial charge is 0.337 e. The lowest BCUT2D eigenvalue weighted by Crippen LogP contribution is -2.29. The first-order chi connectivity index (χ1) is 15.9. The number of aliphatic hydroxyl groups excluding tert-OH is 1. The monoisotopic (exact) mass is 467 g/mol. The van der Waals surface area contributed by atoms with E-state index in [1.165, 1.54) is 55.7 Å². The fourth-order valence-corrected chi connectivity index (χ4v) is 3.87. The highest BCUT2D eigenvalue weighted by atomic mass is 35.5. The van der Waals surface area contributed by atoms with Crippen LogP contribution >= 0.6 is 11.6 Å². The van der Waals surface area contributed by atoms with E-state index in [-0.39, 0.29) is 33.9 Å². The SMILES string of the molecule is COC(=O)c1cccc(N2C(=O)C(=O)/C(=C(\O)c3ccc(Cl)c(OC)c3)C2c2ccco2)c1. The maximum absolute atomic E-state index is 13.1. The number of aliphatic hydroxyl groups is 1. The van der Waals surface area contributed by atoms with E-state index in [9.17, 15) is 19.5 Å². The summed E-state index contributed by atoms with van der Waals surface area (Å²) in [5, 5.41) is 11.4. The average Bonchev–Trinajstić information content (AvgIpc) is 3.45. The molecule has 1 atom stereocenters. The highest BCUT2D eigenvalue weighted by Crippen LogP contribution is 2.43. The van der Waals surface area contributed by atoms with E-state index in [0.29, 0.717) is 5.02 Å². The molecular weight excluding hydrogens is 450 g/mol. The number of halogens is 1. The van der Waals surface area contributed by atoms with E-state index in [0.717, 1.165) is 0 Å². The molecule has 4 rings (SSSR count). The summed E-state index contributed by atoms with van der Waals surface area (Å²) in [7, 11) is 2.66. The Labute approximate surface area is 193 Å². The van der Waals surface area contributed by atoms with E-state index in [1.54, 1.807) is 24.3 Å². The van der Waals surface area contributed by atoms with Crippen molar-refractivity contribution in [2.45, 2.75) is 6.04 Å². The highest BCUT2D eigenvalue weighted by molar-refractivity contribution is 6.51. The molecule has 8 nitrogen and oxygen atoms in total. The third-order valence-electron chi connectivity index (χ3n) is 5.23. The van der Waals surface area contributed by atoms with Crippen LogP contribution in [-0.2, 0) is 14.3 Å². The lowest BCUT2D eigenvalue weighted by Gasteiger charge is -2.23. The number of anilines is 1. The molecule has 9 heteroatoms. The number of methoxy groups -OCH3 is 2. The van der Waals surface area contributed by atoms with Gasteiger partial charge in [0.15, 0.2) is 0 Å². The molecule has 168 valence electrons.